The maximum atomic E-state index is 13.3. The minimum atomic E-state index is -0.126. The van der Waals surface area contributed by atoms with Gasteiger partial charge in [0, 0.05) is 35.1 Å². The molecule has 0 radical (unpaired) electrons. The Balaban J connectivity index is 1.49. The van der Waals surface area contributed by atoms with Gasteiger partial charge in [-0.05, 0) is 44.3 Å². The second-order valence-corrected chi connectivity index (χ2v) is 7.83. The summed E-state index contributed by atoms with van der Waals surface area (Å²) < 4.78 is 0. The van der Waals surface area contributed by atoms with Gasteiger partial charge in [0.1, 0.15) is 0 Å². The van der Waals surface area contributed by atoms with E-state index >= 15 is 0 Å². The fraction of sp³-hybridized carbons (Fsp3) is 0.273. The van der Waals surface area contributed by atoms with Gasteiger partial charge in [0.15, 0.2) is 5.82 Å². The van der Waals surface area contributed by atoms with Gasteiger partial charge in [-0.1, -0.05) is 30.3 Å². The molecule has 7 heteroatoms. The molecule has 3 heterocycles. The standard InChI is InChI=1S/C22H24N6O/c1-27(2)13-19-20-15(14-7-3-5-9-17(14)23-20)11-12-28(19)22(29)24-21-16-8-4-6-10-18(16)25-26-21/h3-10,19,23H,11-13H2,1-2H3,(H2,24,25,26,29). The van der Waals surface area contributed by atoms with Crippen LogP contribution in [0.15, 0.2) is 48.5 Å². The number of urea groups is 1. The first-order valence-electron chi connectivity index (χ1n) is 9.87. The van der Waals surface area contributed by atoms with E-state index in [9.17, 15) is 4.79 Å². The maximum absolute atomic E-state index is 13.3. The first kappa shape index (κ1) is 17.8. The maximum Gasteiger partial charge on any atom is 0.323 e. The molecule has 0 spiro atoms. The third-order valence-electron chi connectivity index (χ3n) is 5.65. The molecular weight excluding hydrogens is 364 g/mol. The van der Waals surface area contributed by atoms with Gasteiger partial charge >= 0.3 is 6.03 Å². The number of H-pyrrole nitrogens is 2. The summed E-state index contributed by atoms with van der Waals surface area (Å²) in [5, 5.41) is 12.4. The average molecular weight is 388 g/mol. The highest BCUT2D eigenvalue weighted by atomic mass is 16.2. The molecule has 1 aliphatic heterocycles. The molecule has 3 N–H and O–H groups in total. The molecule has 29 heavy (non-hydrogen) atoms. The number of likely N-dealkylation sites (N-methyl/N-ethyl adjacent to an activating group) is 1. The lowest BCUT2D eigenvalue weighted by Crippen LogP contribution is -2.46. The molecule has 2 aromatic heterocycles. The Bertz CT molecular complexity index is 1190. The molecule has 7 nitrogen and oxygen atoms in total. The molecule has 0 aliphatic carbocycles. The highest BCUT2D eigenvalue weighted by Crippen LogP contribution is 2.35. The van der Waals surface area contributed by atoms with Crippen LogP contribution >= 0.6 is 0 Å². The number of nitrogens with zero attached hydrogens (tertiary/aromatic N) is 3. The predicted octanol–water partition coefficient (Wildman–Crippen LogP) is 3.74. The number of benzene rings is 2. The Morgan fingerprint density at radius 1 is 1.14 bits per heavy atom. The number of nitrogens with one attached hydrogen (secondary N) is 3. The Morgan fingerprint density at radius 3 is 2.66 bits per heavy atom. The quantitative estimate of drug-likeness (QED) is 0.500. The Hall–Kier alpha value is -3.32. The van der Waals surface area contributed by atoms with E-state index < -0.39 is 0 Å². The summed E-state index contributed by atoms with van der Waals surface area (Å²) >= 11 is 0. The fourth-order valence-corrected chi connectivity index (χ4v) is 4.33. The zero-order valence-electron chi connectivity index (χ0n) is 16.6. The molecule has 0 saturated heterocycles. The zero-order valence-corrected chi connectivity index (χ0v) is 16.6. The molecule has 2 amide bonds. The van der Waals surface area contributed by atoms with Gasteiger partial charge in [0.2, 0.25) is 0 Å². The molecule has 2 aromatic carbocycles. The second-order valence-electron chi connectivity index (χ2n) is 7.83. The predicted molar refractivity (Wildman–Crippen MR) is 115 cm³/mol. The van der Waals surface area contributed by atoms with Crippen LogP contribution in [0, 0.1) is 0 Å². The van der Waals surface area contributed by atoms with Gasteiger partial charge in [-0.15, -0.1) is 0 Å². The summed E-state index contributed by atoms with van der Waals surface area (Å²) in [5.41, 5.74) is 4.49. The summed E-state index contributed by atoms with van der Waals surface area (Å²) in [5.74, 6) is 0.566. The van der Waals surface area contributed by atoms with E-state index in [0.717, 1.165) is 35.1 Å². The molecule has 0 bridgehead atoms. The lowest BCUT2D eigenvalue weighted by Gasteiger charge is -2.37. The van der Waals surface area contributed by atoms with Crippen molar-refractivity contribution in [3.63, 3.8) is 0 Å². The Labute approximate surface area is 168 Å². The summed E-state index contributed by atoms with van der Waals surface area (Å²) in [6, 6.07) is 16.0. The number of anilines is 1. The van der Waals surface area contributed by atoms with E-state index in [1.807, 2.05) is 49.3 Å². The number of para-hydroxylation sites is 2. The third kappa shape index (κ3) is 3.03. The minimum absolute atomic E-state index is 0.0497. The van der Waals surface area contributed by atoms with Crippen molar-refractivity contribution in [1.82, 2.24) is 25.0 Å². The summed E-state index contributed by atoms with van der Waals surface area (Å²) in [6.45, 7) is 1.41. The van der Waals surface area contributed by atoms with E-state index in [2.05, 4.69) is 43.6 Å². The molecule has 1 unspecified atom stereocenters. The van der Waals surface area contributed by atoms with Crippen LogP contribution in [0.1, 0.15) is 17.3 Å². The van der Waals surface area contributed by atoms with Crippen molar-refractivity contribution >= 4 is 33.7 Å². The summed E-state index contributed by atoms with van der Waals surface area (Å²) in [4.78, 5) is 20.9. The molecule has 0 saturated carbocycles. The van der Waals surface area contributed by atoms with Crippen molar-refractivity contribution in [3.8, 4) is 0 Å². The summed E-state index contributed by atoms with van der Waals surface area (Å²) in [6.07, 6.45) is 0.831. The Morgan fingerprint density at radius 2 is 1.86 bits per heavy atom. The molecule has 148 valence electrons. The van der Waals surface area contributed by atoms with Gasteiger partial charge in [-0.2, -0.15) is 5.10 Å². The van der Waals surface area contributed by atoms with E-state index in [1.165, 1.54) is 10.9 Å². The molecule has 5 rings (SSSR count). The molecule has 1 aliphatic rings. The van der Waals surface area contributed by atoms with Gasteiger partial charge in [0.05, 0.1) is 11.6 Å². The Kier molecular flexibility index (Phi) is 4.24. The number of amides is 2. The highest BCUT2D eigenvalue weighted by Gasteiger charge is 2.34. The number of hydrogen-bond acceptors (Lipinski definition) is 3. The fourth-order valence-electron chi connectivity index (χ4n) is 4.33. The van der Waals surface area contributed by atoms with Crippen molar-refractivity contribution in [2.24, 2.45) is 0 Å². The number of hydrogen-bond donors (Lipinski definition) is 3. The second kappa shape index (κ2) is 6.93. The SMILES string of the molecule is CN(C)CC1c2[nH]c3ccccc3c2CCN1C(=O)Nc1n[nH]c2ccccc12. The number of rotatable bonds is 3. The molecule has 0 fully saturated rings. The topological polar surface area (TPSA) is 80.1 Å². The van der Waals surface area contributed by atoms with Crippen molar-refractivity contribution in [1.29, 1.82) is 0 Å². The first-order valence-corrected chi connectivity index (χ1v) is 9.87. The van der Waals surface area contributed by atoms with Crippen LogP contribution in [0.4, 0.5) is 10.6 Å². The monoisotopic (exact) mass is 388 g/mol. The third-order valence-corrected chi connectivity index (χ3v) is 5.65. The first-order chi connectivity index (χ1) is 14.1. The van der Waals surface area contributed by atoms with Crippen LogP contribution < -0.4 is 5.32 Å². The molecule has 1 atom stereocenters. The smallest absolute Gasteiger partial charge is 0.323 e. The van der Waals surface area contributed by atoms with Crippen molar-refractivity contribution < 1.29 is 4.79 Å². The van der Waals surface area contributed by atoms with Crippen LogP contribution in [0.25, 0.3) is 21.8 Å². The van der Waals surface area contributed by atoms with Crippen molar-refractivity contribution in [2.75, 3.05) is 32.5 Å². The van der Waals surface area contributed by atoms with Gasteiger partial charge in [0.25, 0.3) is 0 Å². The summed E-state index contributed by atoms with van der Waals surface area (Å²) in [7, 11) is 4.07. The van der Waals surface area contributed by atoms with E-state index in [0.29, 0.717) is 12.4 Å². The van der Waals surface area contributed by atoms with Crippen LogP contribution in [0.2, 0.25) is 0 Å². The van der Waals surface area contributed by atoms with Crippen LogP contribution in [-0.4, -0.2) is 58.2 Å². The average Bonchev–Trinajstić information content (AvgIpc) is 3.30. The molecule has 4 aromatic rings. The highest BCUT2D eigenvalue weighted by molar-refractivity contribution is 5.99. The number of carbonyl (C=O) groups excluding carboxylic acids is 1. The van der Waals surface area contributed by atoms with Crippen LogP contribution in [0.3, 0.4) is 0 Å². The van der Waals surface area contributed by atoms with Gasteiger partial charge < -0.3 is 14.8 Å². The van der Waals surface area contributed by atoms with Crippen molar-refractivity contribution in [3.05, 3.63) is 59.8 Å². The number of fused-ring (bicyclic) bond motifs is 4. The van der Waals surface area contributed by atoms with E-state index in [-0.39, 0.29) is 12.1 Å². The van der Waals surface area contributed by atoms with Crippen LogP contribution in [0.5, 0.6) is 0 Å². The molecular formula is C22H24N6O. The number of aromatic nitrogens is 3. The number of carbonyl (C=O) groups is 1. The lowest BCUT2D eigenvalue weighted by molar-refractivity contribution is 0.163. The minimum Gasteiger partial charge on any atom is -0.356 e. The number of aromatic amines is 2. The van der Waals surface area contributed by atoms with E-state index in [1.54, 1.807) is 0 Å². The lowest BCUT2D eigenvalue weighted by atomic mass is 9.97. The van der Waals surface area contributed by atoms with Gasteiger partial charge in [-0.3, -0.25) is 10.4 Å². The largest absolute Gasteiger partial charge is 0.356 e. The normalized spacial score (nSPS) is 16.5. The van der Waals surface area contributed by atoms with Crippen molar-refractivity contribution in [2.45, 2.75) is 12.5 Å². The van der Waals surface area contributed by atoms with E-state index in [4.69, 9.17) is 0 Å². The zero-order chi connectivity index (χ0) is 20.0. The van der Waals surface area contributed by atoms with Crippen LogP contribution in [-0.2, 0) is 6.42 Å². The van der Waals surface area contributed by atoms with Gasteiger partial charge in [-0.25, -0.2) is 4.79 Å².